The third kappa shape index (κ3) is 2.22. The van der Waals surface area contributed by atoms with Gasteiger partial charge in [-0.25, -0.2) is 4.98 Å². The third-order valence-corrected chi connectivity index (χ3v) is 4.10. The maximum absolute atomic E-state index is 14.9. The average Bonchev–Trinajstić information content (AvgIpc) is 3.00. The Hall–Kier alpha value is -3.40. The van der Waals surface area contributed by atoms with Crippen molar-refractivity contribution in [3.8, 4) is 6.07 Å². The van der Waals surface area contributed by atoms with Gasteiger partial charge in [-0.2, -0.15) is 14.0 Å². The highest BCUT2D eigenvalue weighted by Gasteiger charge is 2.40. The van der Waals surface area contributed by atoms with Gasteiger partial charge in [0.1, 0.15) is 11.2 Å². The lowest BCUT2D eigenvalue weighted by Gasteiger charge is -2.15. The monoisotopic (exact) mass is 335 g/mol. The van der Waals surface area contributed by atoms with Gasteiger partial charge >= 0.3 is 5.92 Å². The molecule has 0 saturated heterocycles. The Labute approximate surface area is 141 Å². The Morgan fingerprint density at radius 1 is 1.12 bits per heavy atom. The summed E-state index contributed by atoms with van der Waals surface area (Å²) < 4.78 is 31.2. The van der Waals surface area contributed by atoms with E-state index in [0.717, 1.165) is 0 Å². The molecule has 0 saturated carbocycles. The lowest BCUT2D eigenvalue weighted by Crippen LogP contribution is -2.21. The van der Waals surface area contributed by atoms with Crippen LogP contribution in [0.4, 0.5) is 8.78 Å². The van der Waals surface area contributed by atoms with Gasteiger partial charge in [0.05, 0.1) is 28.9 Å². The minimum absolute atomic E-state index is 0.343. The topological polar surface area (TPSA) is 67.4 Å². The molecule has 0 amide bonds. The number of nitriles is 1. The van der Waals surface area contributed by atoms with Gasteiger partial charge in [-0.05, 0) is 30.3 Å². The standard InChI is InChI=1S/C18H11F2N5/c1-25-16-12-8-11(9-21)5-6-13(12)23-10-14(16)24-17(25)18(19,20)15-4-2-3-7-22-15/h2-8,10H,1H3. The van der Waals surface area contributed by atoms with Crippen molar-refractivity contribution < 1.29 is 8.78 Å². The summed E-state index contributed by atoms with van der Waals surface area (Å²) in [5, 5.41) is 9.71. The number of pyridine rings is 2. The second-order valence-electron chi connectivity index (χ2n) is 5.62. The van der Waals surface area contributed by atoms with Crippen molar-refractivity contribution in [1.29, 1.82) is 5.26 Å². The van der Waals surface area contributed by atoms with Crippen LogP contribution in [0, 0.1) is 11.3 Å². The number of nitrogens with zero attached hydrogens (tertiary/aromatic N) is 5. The number of aryl methyl sites for hydroxylation is 1. The lowest BCUT2D eigenvalue weighted by atomic mass is 10.1. The van der Waals surface area contributed by atoms with E-state index < -0.39 is 11.7 Å². The molecule has 0 aliphatic heterocycles. The van der Waals surface area contributed by atoms with Gasteiger partial charge < -0.3 is 4.57 Å². The maximum atomic E-state index is 14.9. The van der Waals surface area contributed by atoms with Crippen molar-refractivity contribution >= 4 is 21.9 Å². The van der Waals surface area contributed by atoms with Crippen molar-refractivity contribution in [2.24, 2.45) is 7.05 Å². The molecule has 4 rings (SSSR count). The molecular formula is C18H11F2N5. The Morgan fingerprint density at radius 3 is 2.68 bits per heavy atom. The molecule has 3 heterocycles. The lowest BCUT2D eigenvalue weighted by molar-refractivity contribution is 0.0258. The van der Waals surface area contributed by atoms with Crippen LogP contribution < -0.4 is 0 Å². The van der Waals surface area contributed by atoms with E-state index in [0.29, 0.717) is 27.5 Å². The number of fused-ring (bicyclic) bond motifs is 3. The van der Waals surface area contributed by atoms with E-state index in [1.54, 1.807) is 24.3 Å². The highest BCUT2D eigenvalue weighted by atomic mass is 19.3. The van der Waals surface area contributed by atoms with Gasteiger partial charge in [-0.1, -0.05) is 6.07 Å². The maximum Gasteiger partial charge on any atom is 0.346 e. The normalized spacial score (nSPS) is 11.8. The zero-order valence-corrected chi connectivity index (χ0v) is 13.1. The summed E-state index contributed by atoms with van der Waals surface area (Å²) in [5.74, 6) is -3.77. The molecule has 1 aromatic carbocycles. The molecule has 3 aromatic heterocycles. The largest absolute Gasteiger partial charge is 0.346 e. The summed E-state index contributed by atoms with van der Waals surface area (Å²) in [4.78, 5) is 12.1. The first-order valence-electron chi connectivity index (χ1n) is 7.47. The first-order chi connectivity index (χ1) is 12.0. The van der Waals surface area contributed by atoms with Gasteiger partial charge in [-0.15, -0.1) is 0 Å². The number of halogens is 2. The quantitative estimate of drug-likeness (QED) is 0.562. The summed E-state index contributed by atoms with van der Waals surface area (Å²) >= 11 is 0. The van der Waals surface area contributed by atoms with Gasteiger partial charge in [-0.3, -0.25) is 9.97 Å². The molecule has 0 N–H and O–H groups in total. The van der Waals surface area contributed by atoms with E-state index in [1.807, 2.05) is 0 Å². The van der Waals surface area contributed by atoms with Crippen LogP contribution in [0.5, 0.6) is 0 Å². The predicted octanol–water partition coefficient (Wildman–Crippen LogP) is 3.53. The van der Waals surface area contributed by atoms with E-state index in [-0.39, 0.29) is 5.69 Å². The van der Waals surface area contributed by atoms with Gasteiger partial charge in [0.25, 0.3) is 0 Å². The van der Waals surface area contributed by atoms with Crippen LogP contribution >= 0.6 is 0 Å². The molecule has 122 valence electrons. The molecule has 0 unspecified atom stereocenters. The zero-order valence-electron chi connectivity index (χ0n) is 13.1. The number of aromatic nitrogens is 4. The van der Waals surface area contributed by atoms with Crippen LogP contribution in [0.1, 0.15) is 17.1 Å². The van der Waals surface area contributed by atoms with Crippen molar-refractivity contribution in [3.63, 3.8) is 0 Å². The minimum atomic E-state index is -3.35. The fourth-order valence-corrected chi connectivity index (χ4v) is 2.91. The van der Waals surface area contributed by atoms with Gasteiger partial charge in [0.15, 0.2) is 5.82 Å². The predicted molar refractivity (Wildman–Crippen MR) is 88.0 cm³/mol. The zero-order chi connectivity index (χ0) is 17.6. The van der Waals surface area contributed by atoms with Crippen LogP contribution in [0.2, 0.25) is 0 Å². The van der Waals surface area contributed by atoms with Crippen LogP contribution in [0.25, 0.3) is 21.9 Å². The molecular weight excluding hydrogens is 324 g/mol. The van der Waals surface area contributed by atoms with Crippen LogP contribution in [-0.4, -0.2) is 19.5 Å². The molecule has 0 aliphatic rings. The number of imidazole rings is 1. The Kier molecular flexibility index (Phi) is 3.22. The second kappa shape index (κ2) is 5.31. The highest BCUT2D eigenvalue weighted by Crippen LogP contribution is 2.36. The first-order valence-corrected chi connectivity index (χ1v) is 7.47. The summed E-state index contributed by atoms with van der Waals surface area (Å²) in [6.45, 7) is 0. The summed E-state index contributed by atoms with van der Waals surface area (Å²) in [6.07, 6.45) is 2.78. The first kappa shape index (κ1) is 15.1. The minimum Gasteiger partial charge on any atom is -0.325 e. The second-order valence-corrected chi connectivity index (χ2v) is 5.62. The van der Waals surface area contributed by atoms with Crippen molar-refractivity contribution in [2.45, 2.75) is 5.92 Å². The average molecular weight is 335 g/mol. The molecule has 0 aliphatic carbocycles. The molecule has 4 aromatic rings. The Balaban J connectivity index is 2.03. The molecule has 0 bridgehead atoms. The van der Waals surface area contributed by atoms with Crippen LogP contribution in [0.15, 0.2) is 48.8 Å². The van der Waals surface area contributed by atoms with E-state index in [4.69, 9.17) is 5.26 Å². The fraction of sp³-hybridized carbons (Fsp3) is 0.111. The van der Waals surface area contributed by atoms with E-state index in [1.165, 1.54) is 36.1 Å². The molecule has 0 radical (unpaired) electrons. The third-order valence-electron chi connectivity index (χ3n) is 4.10. The summed E-state index contributed by atoms with van der Waals surface area (Å²) in [5.41, 5.74) is 1.52. The molecule has 5 nitrogen and oxygen atoms in total. The highest BCUT2D eigenvalue weighted by molar-refractivity contribution is 6.02. The number of benzene rings is 1. The van der Waals surface area contributed by atoms with Gasteiger partial charge in [0, 0.05) is 18.6 Å². The number of hydrogen-bond acceptors (Lipinski definition) is 4. The molecule has 25 heavy (non-hydrogen) atoms. The summed E-state index contributed by atoms with van der Waals surface area (Å²) in [6, 6.07) is 11.4. The Morgan fingerprint density at radius 2 is 1.96 bits per heavy atom. The fourth-order valence-electron chi connectivity index (χ4n) is 2.91. The van der Waals surface area contributed by atoms with Crippen molar-refractivity contribution in [1.82, 2.24) is 19.5 Å². The SMILES string of the molecule is Cn1c(C(F)(F)c2ccccn2)nc2cnc3ccc(C#N)cc3c21. The van der Waals surface area contributed by atoms with E-state index >= 15 is 0 Å². The summed E-state index contributed by atoms with van der Waals surface area (Å²) in [7, 11) is 1.53. The molecule has 7 heteroatoms. The number of alkyl halides is 2. The van der Waals surface area contributed by atoms with Crippen molar-refractivity contribution in [2.75, 3.05) is 0 Å². The smallest absolute Gasteiger partial charge is 0.325 e. The van der Waals surface area contributed by atoms with E-state index in [9.17, 15) is 8.78 Å². The van der Waals surface area contributed by atoms with E-state index in [2.05, 4.69) is 21.0 Å². The Bertz CT molecular complexity index is 1140. The molecule has 0 fully saturated rings. The number of hydrogen-bond donors (Lipinski definition) is 0. The number of rotatable bonds is 2. The van der Waals surface area contributed by atoms with Crippen LogP contribution in [0.3, 0.4) is 0 Å². The molecule has 0 atom stereocenters. The van der Waals surface area contributed by atoms with Crippen molar-refractivity contribution in [3.05, 3.63) is 65.9 Å². The van der Waals surface area contributed by atoms with Crippen LogP contribution in [-0.2, 0) is 13.0 Å². The molecule has 0 spiro atoms. The van der Waals surface area contributed by atoms with Gasteiger partial charge in [0.2, 0.25) is 0 Å².